The summed E-state index contributed by atoms with van der Waals surface area (Å²) < 4.78 is 27.3. The Hall–Kier alpha value is -3.62. The Morgan fingerprint density at radius 1 is 0.829 bits per heavy atom. The van der Waals surface area contributed by atoms with Crippen LogP contribution in [0.1, 0.15) is 68.9 Å². The summed E-state index contributed by atoms with van der Waals surface area (Å²) in [5.74, 6) is -1.12. The highest BCUT2D eigenvalue weighted by Gasteiger charge is 2.31. The molecule has 0 radical (unpaired) electrons. The second kappa shape index (κ2) is 9.93. The zero-order valence-corrected chi connectivity index (χ0v) is 20.4. The van der Waals surface area contributed by atoms with Crippen LogP contribution in [0.4, 0.5) is 5.69 Å². The summed E-state index contributed by atoms with van der Waals surface area (Å²) in [5, 5.41) is 2.72. The second-order valence-electron chi connectivity index (χ2n) is 8.26. The van der Waals surface area contributed by atoms with Gasteiger partial charge in [-0.1, -0.05) is 56.7 Å². The van der Waals surface area contributed by atoms with E-state index in [1.54, 1.807) is 49.4 Å². The number of carbonyl (C=O) groups excluding carboxylic acids is 3. The van der Waals surface area contributed by atoms with Crippen LogP contribution in [0.5, 0.6) is 0 Å². The molecular weight excluding hydrogens is 464 g/mol. The van der Waals surface area contributed by atoms with E-state index in [9.17, 15) is 22.8 Å². The van der Waals surface area contributed by atoms with Crippen LogP contribution in [0.25, 0.3) is 0 Å². The fourth-order valence-corrected chi connectivity index (χ4v) is 5.64. The zero-order valence-electron chi connectivity index (χ0n) is 19.6. The number of hydrogen-bond donors (Lipinski definition) is 1. The maximum atomic E-state index is 13.1. The summed E-state index contributed by atoms with van der Waals surface area (Å²) in [7, 11) is -3.66. The molecule has 35 heavy (non-hydrogen) atoms. The second-order valence-corrected chi connectivity index (χ2v) is 10.2. The first kappa shape index (κ1) is 24.5. The van der Waals surface area contributed by atoms with Crippen molar-refractivity contribution in [3.05, 3.63) is 94.5 Å². The summed E-state index contributed by atoms with van der Waals surface area (Å²) in [5.41, 5.74) is 1.48. The molecule has 0 aromatic heterocycles. The van der Waals surface area contributed by atoms with Crippen molar-refractivity contribution in [3.8, 4) is 0 Å². The molecule has 7 nitrogen and oxygen atoms in total. The Bertz CT molecular complexity index is 1410. The molecule has 0 atom stereocenters. The molecule has 1 aliphatic carbocycles. The summed E-state index contributed by atoms with van der Waals surface area (Å²) in [4.78, 5) is 39.1. The number of rotatable bonds is 8. The normalized spacial score (nSPS) is 12.9. The van der Waals surface area contributed by atoms with Crippen molar-refractivity contribution in [3.63, 3.8) is 0 Å². The highest BCUT2D eigenvalue weighted by molar-refractivity contribution is 7.89. The van der Waals surface area contributed by atoms with Crippen LogP contribution >= 0.6 is 0 Å². The SMILES string of the molecule is CCCCN(CC)S(=O)(=O)c1ccc(C(=O)Nc2cccc3c2C(=O)c2ccccc2C3=O)cc1. The Labute approximate surface area is 204 Å². The number of benzene rings is 3. The first-order valence-corrected chi connectivity index (χ1v) is 13.0. The number of amides is 1. The number of fused-ring (bicyclic) bond motifs is 2. The first-order chi connectivity index (χ1) is 16.8. The lowest BCUT2D eigenvalue weighted by atomic mass is 9.83. The van der Waals surface area contributed by atoms with Gasteiger partial charge in [0.25, 0.3) is 5.91 Å². The molecule has 0 spiro atoms. The number of unbranched alkanes of at least 4 members (excludes halogenated alkanes) is 1. The average Bonchev–Trinajstić information content (AvgIpc) is 2.87. The third-order valence-electron chi connectivity index (χ3n) is 6.07. The topological polar surface area (TPSA) is 101 Å². The predicted octanol–water partition coefficient (Wildman–Crippen LogP) is 4.53. The van der Waals surface area contributed by atoms with Gasteiger partial charge in [0.05, 0.1) is 16.1 Å². The van der Waals surface area contributed by atoms with Gasteiger partial charge in [0.2, 0.25) is 10.0 Å². The minimum absolute atomic E-state index is 0.112. The number of sulfonamides is 1. The van der Waals surface area contributed by atoms with Gasteiger partial charge in [-0.15, -0.1) is 0 Å². The Kier molecular flexibility index (Phi) is 6.95. The van der Waals surface area contributed by atoms with Crippen LogP contribution in [0.2, 0.25) is 0 Å². The molecule has 0 fully saturated rings. The zero-order chi connectivity index (χ0) is 25.2. The molecular formula is C27H26N2O5S. The monoisotopic (exact) mass is 490 g/mol. The van der Waals surface area contributed by atoms with Crippen molar-refractivity contribution in [1.82, 2.24) is 4.31 Å². The molecule has 0 saturated carbocycles. The molecule has 180 valence electrons. The van der Waals surface area contributed by atoms with Gasteiger partial charge in [0.1, 0.15) is 0 Å². The van der Waals surface area contributed by atoms with Crippen LogP contribution in [0.15, 0.2) is 71.6 Å². The summed E-state index contributed by atoms with van der Waals surface area (Å²) >= 11 is 0. The van der Waals surface area contributed by atoms with Gasteiger partial charge in [-0.3, -0.25) is 14.4 Å². The summed E-state index contributed by atoms with van der Waals surface area (Å²) in [6.45, 7) is 4.59. The van der Waals surface area contributed by atoms with Crippen LogP contribution < -0.4 is 5.32 Å². The van der Waals surface area contributed by atoms with E-state index in [0.717, 1.165) is 12.8 Å². The fourth-order valence-electron chi connectivity index (χ4n) is 4.15. The number of anilines is 1. The molecule has 0 heterocycles. The van der Waals surface area contributed by atoms with Crippen molar-refractivity contribution in [1.29, 1.82) is 0 Å². The Morgan fingerprint density at radius 3 is 2.09 bits per heavy atom. The smallest absolute Gasteiger partial charge is 0.255 e. The maximum absolute atomic E-state index is 13.1. The van der Waals surface area contributed by atoms with Gasteiger partial charge >= 0.3 is 0 Å². The van der Waals surface area contributed by atoms with Crippen LogP contribution in [0, 0.1) is 0 Å². The van der Waals surface area contributed by atoms with Crippen LogP contribution in [-0.2, 0) is 10.0 Å². The minimum Gasteiger partial charge on any atom is -0.321 e. The van der Waals surface area contributed by atoms with E-state index in [-0.39, 0.29) is 38.8 Å². The molecule has 4 rings (SSSR count). The van der Waals surface area contributed by atoms with Gasteiger partial charge in [-0.2, -0.15) is 4.31 Å². The number of nitrogens with one attached hydrogen (secondary N) is 1. The van der Waals surface area contributed by atoms with Crippen molar-refractivity contribution in [2.75, 3.05) is 18.4 Å². The fraction of sp³-hybridized carbons (Fsp3) is 0.222. The first-order valence-electron chi connectivity index (χ1n) is 11.5. The molecule has 1 N–H and O–H groups in total. The van der Waals surface area contributed by atoms with Gasteiger partial charge in [-0.05, 0) is 36.8 Å². The number of nitrogens with zero attached hydrogens (tertiary/aromatic N) is 1. The van der Waals surface area contributed by atoms with Crippen molar-refractivity contribution in [2.45, 2.75) is 31.6 Å². The molecule has 0 saturated heterocycles. The van der Waals surface area contributed by atoms with Gasteiger partial charge in [0, 0.05) is 35.3 Å². The standard InChI is InChI=1S/C27H26N2O5S/c1-3-5-17-29(4-2)35(33,34)19-15-13-18(14-16-19)27(32)28-23-12-8-11-22-24(23)26(31)21-10-7-6-9-20(21)25(22)30/h6-16H,3-5,17H2,1-2H3,(H,28,32). The van der Waals surface area contributed by atoms with Crippen molar-refractivity contribution >= 4 is 33.2 Å². The highest BCUT2D eigenvalue weighted by Crippen LogP contribution is 2.32. The van der Waals surface area contributed by atoms with Gasteiger partial charge in [-0.25, -0.2) is 8.42 Å². The quantitative estimate of drug-likeness (QED) is 0.391. The molecule has 1 aliphatic rings. The molecule has 0 unspecified atom stereocenters. The minimum atomic E-state index is -3.66. The lowest BCUT2D eigenvalue weighted by Gasteiger charge is -2.21. The maximum Gasteiger partial charge on any atom is 0.255 e. The van der Waals surface area contributed by atoms with E-state index < -0.39 is 15.9 Å². The van der Waals surface area contributed by atoms with Crippen LogP contribution in [-0.4, -0.2) is 43.3 Å². The molecule has 0 bridgehead atoms. The lowest BCUT2D eigenvalue weighted by molar-refractivity contribution is 0.0978. The average molecular weight is 491 g/mol. The van der Waals surface area contributed by atoms with E-state index in [1.165, 1.54) is 28.6 Å². The summed E-state index contributed by atoms with van der Waals surface area (Å²) in [6.07, 6.45) is 1.65. The third kappa shape index (κ3) is 4.54. The molecule has 3 aromatic rings. The van der Waals surface area contributed by atoms with Gasteiger partial charge in [0.15, 0.2) is 11.6 Å². The van der Waals surface area contributed by atoms with Crippen LogP contribution in [0.3, 0.4) is 0 Å². The van der Waals surface area contributed by atoms with E-state index >= 15 is 0 Å². The summed E-state index contributed by atoms with van der Waals surface area (Å²) in [6, 6.07) is 17.0. The Balaban J connectivity index is 1.59. The van der Waals surface area contributed by atoms with Crippen molar-refractivity contribution in [2.24, 2.45) is 0 Å². The molecule has 8 heteroatoms. The van der Waals surface area contributed by atoms with E-state index in [4.69, 9.17) is 0 Å². The van der Waals surface area contributed by atoms with E-state index in [1.807, 2.05) is 6.92 Å². The number of carbonyl (C=O) groups is 3. The third-order valence-corrected chi connectivity index (χ3v) is 8.06. The van der Waals surface area contributed by atoms with E-state index in [2.05, 4.69) is 5.32 Å². The predicted molar refractivity (Wildman–Crippen MR) is 133 cm³/mol. The van der Waals surface area contributed by atoms with Crippen molar-refractivity contribution < 1.29 is 22.8 Å². The highest BCUT2D eigenvalue weighted by atomic mass is 32.2. The lowest BCUT2D eigenvalue weighted by Crippen LogP contribution is -2.31. The van der Waals surface area contributed by atoms with E-state index in [0.29, 0.717) is 24.2 Å². The largest absolute Gasteiger partial charge is 0.321 e. The number of ketones is 2. The molecule has 1 amide bonds. The Morgan fingerprint density at radius 2 is 1.46 bits per heavy atom. The number of hydrogen-bond acceptors (Lipinski definition) is 5. The van der Waals surface area contributed by atoms with Gasteiger partial charge < -0.3 is 5.32 Å². The molecule has 3 aromatic carbocycles. The molecule has 0 aliphatic heterocycles.